The number of carboxylic acids is 1. The number of carbonyl (C=O) groups is 2. The van der Waals surface area contributed by atoms with Crippen LogP contribution in [0.4, 0.5) is 0 Å². The van der Waals surface area contributed by atoms with E-state index in [2.05, 4.69) is 10.1 Å². The van der Waals surface area contributed by atoms with Gasteiger partial charge in [-0.1, -0.05) is 59.2 Å². The number of ether oxygens (including phenoxy) is 1. The van der Waals surface area contributed by atoms with Crippen molar-refractivity contribution >= 4 is 23.5 Å². The van der Waals surface area contributed by atoms with Crippen molar-refractivity contribution < 1.29 is 24.0 Å². The normalized spacial score (nSPS) is 11.7. The largest absolute Gasteiger partial charge is 0.481 e. The van der Waals surface area contributed by atoms with Crippen molar-refractivity contribution in [2.24, 2.45) is 0 Å². The van der Waals surface area contributed by atoms with Crippen molar-refractivity contribution in [2.45, 2.75) is 32.8 Å². The lowest BCUT2D eigenvalue weighted by atomic mass is 10.00. The van der Waals surface area contributed by atoms with Gasteiger partial charge in [0.2, 0.25) is 0 Å². The highest BCUT2D eigenvalue weighted by Gasteiger charge is 2.21. The van der Waals surface area contributed by atoms with E-state index in [1.54, 1.807) is 38.4 Å². The van der Waals surface area contributed by atoms with Crippen LogP contribution in [-0.2, 0) is 27.2 Å². The molecule has 0 aliphatic heterocycles. The van der Waals surface area contributed by atoms with E-state index in [9.17, 15) is 9.59 Å². The lowest BCUT2D eigenvalue weighted by Crippen LogP contribution is -2.12. The molecule has 35 heavy (non-hydrogen) atoms. The number of aliphatic carboxylic acids is 1. The molecule has 2 aromatic carbocycles. The lowest BCUT2D eigenvalue weighted by Gasteiger charge is -2.15. The highest BCUT2D eigenvalue weighted by molar-refractivity contribution is 6.31. The number of rotatable bonds is 8. The van der Waals surface area contributed by atoms with E-state index in [4.69, 9.17) is 26.0 Å². The van der Waals surface area contributed by atoms with E-state index < -0.39 is 18.0 Å². The second-order valence-electron chi connectivity index (χ2n) is 8.14. The van der Waals surface area contributed by atoms with Gasteiger partial charge in [0.05, 0.1) is 18.5 Å². The molecule has 7 nitrogen and oxygen atoms in total. The van der Waals surface area contributed by atoms with Gasteiger partial charge in [-0.3, -0.25) is 14.6 Å². The van der Waals surface area contributed by atoms with Crippen molar-refractivity contribution in [1.29, 1.82) is 0 Å². The number of nitrogens with zero attached hydrogens (tertiary/aromatic N) is 2. The molecule has 0 radical (unpaired) electrons. The third-order valence-corrected chi connectivity index (χ3v) is 5.93. The minimum atomic E-state index is -0.910. The predicted molar refractivity (Wildman–Crippen MR) is 131 cm³/mol. The zero-order valence-electron chi connectivity index (χ0n) is 19.2. The molecular weight excluding hydrogens is 468 g/mol. The van der Waals surface area contributed by atoms with Crippen LogP contribution in [-0.4, -0.2) is 27.2 Å². The molecule has 2 heterocycles. The monoisotopic (exact) mass is 490 g/mol. The fourth-order valence-corrected chi connectivity index (χ4v) is 4.10. The number of aromatic nitrogens is 2. The minimum absolute atomic E-state index is 0.00235. The van der Waals surface area contributed by atoms with E-state index in [1.807, 2.05) is 42.5 Å². The molecule has 0 bridgehead atoms. The van der Waals surface area contributed by atoms with Crippen molar-refractivity contribution in [1.82, 2.24) is 10.1 Å². The highest BCUT2D eigenvalue weighted by Crippen LogP contribution is 2.31. The Labute approximate surface area is 207 Å². The smallest absolute Gasteiger partial charge is 0.311 e. The minimum Gasteiger partial charge on any atom is -0.481 e. The van der Waals surface area contributed by atoms with Gasteiger partial charge in [-0.05, 0) is 37.1 Å². The molecule has 0 spiro atoms. The van der Waals surface area contributed by atoms with Gasteiger partial charge in [-0.2, -0.15) is 0 Å². The lowest BCUT2D eigenvalue weighted by molar-refractivity contribution is -0.147. The number of carbonyl (C=O) groups excluding carboxylic acids is 1. The summed E-state index contributed by atoms with van der Waals surface area (Å²) in [5.74, 6) is -0.829. The molecule has 2 aromatic heterocycles. The van der Waals surface area contributed by atoms with Crippen molar-refractivity contribution in [3.8, 4) is 22.5 Å². The molecule has 1 unspecified atom stereocenters. The fraction of sp³-hybridized carbons (Fsp3) is 0.185. The molecule has 4 rings (SSSR count). The third kappa shape index (κ3) is 5.75. The van der Waals surface area contributed by atoms with Gasteiger partial charge in [0.25, 0.3) is 0 Å². The van der Waals surface area contributed by atoms with Crippen molar-refractivity contribution in [3.63, 3.8) is 0 Å². The first-order valence-electron chi connectivity index (χ1n) is 11.0. The van der Waals surface area contributed by atoms with Crippen LogP contribution in [0.5, 0.6) is 0 Å². The summed E-state index contributed by atoms with van der Waals surface area (Å²) in [5.41, 5.74) is 5.06. The van der Waals surface area contributed by atoms with Crippen LogP contribution in [0.2, 0.25) is 5.02 Å². The van der Waals surface area contributed by atoms with Crippen LogP contribution >= 0.6 is 11.6 Å². The second-order valence-corrected chi connectivity index (χ2v) is 8.54. The summed E-state index contributed by atoms with van der Waals surface area (Å²) in [7, 11) is 0. The Bertz CT molecular complexity index is 1360. The van der Waals surface area contributed by atoms with E-state index >= 15 is 0 Å². The van der Waals surface area contributed by atoms with Gasteiger partial charge in [0.15, 0.2) is 5.76 Å². The average molecular weight is 491 g/mol. The molecule has 0 aliphatic rings. The van der Waals surface area contributed by atoms with Crippen LogP contribution in [0, 0.1) is 6.92 Å². The Hall–Kier alpha value is -3.97. The Balaban J connectivity index is 1.51. The average Bonchev–Trinajstić information content (AvgIpc) is 3.19. The van der Waals surface area contributed by atoms with Gasteiger partial charge in [-0.15, -0.1) is 0 Å². The van der Waals surface area contributed by atoms with Gasteiger partial charge in [-0.25, -0.2) is 0 Å². The standard InChI is InChI=1S/C27H23ClN2O5/c1-16-23(13-26(33)34-17(2)22-5-3-4-6-24(22)28)27(35-30-16)20-9-7-19(8-10-20)21-11-18(12-25(31)32)14-29-15-21/h3-11,14-15,17H,12-13H2,1-2H3,(H,31,32). The Morgan fingerprint density at radius 2 is 1.74 bits per heavy atom. The van der Waals surface area contributed by atoms with Crippen molar-refractivity contribution in [3.05, 3.63) is 94.4 Å². The molecule has 0 aliphatic carbocycles. The summed E-state index contributed by atoms with van der Waals surface area (Å²) in [6, 6.07) is 16.5. The second kappa shape index (κ2) is 10.5. The summed E-state index contributed by atoms with van der Waals surface area (Å²) < 4.78 is 11.2. The zero-order chi connectivity index (χ0) is 24.9. The number of aryl methyl sites for hydroxylation is 1. The number of pyridine rings is 1. The number of hydrogen-bond acceptors (Lipinski definition) is 6. The maximum Gasteiger partial charge on any atom is 0.311 e. The van der Waals surface area contributed by atoms with E-state index in [0.29, 0.717) is 27.6 Å². The molecule has 1 N–H and O–H groups in total. The molecular formula is C27H23ClN2O5. The van der Waals surface area contributed by atoms with Gasteiger partial charge >= 0.3 is 11.9 Å². The summed E-state index contributed by atoms with van der Waals surface area (Å²) in [4.78, 5) is 27.8. The molecule has 1 atom stereocenters. The van der Waals surface area contributed by atoms with Crippen LogP contribution < -0.4 is 0 Å². The molecule has 0 fully saturated rings. The van der Waals surface area contributed by atoms with E-state index in [-0.39, 0.29) is 12.8 Å². The summed E-state index contributed by atoms with van der Waals surface area (Å²) in [6.07, 6.45) is 2.64. The predicted octanol–water partition coefficient (Wildman–Crippen LogP) is 5.84. The topological polar surface area (TPSA) is 103 Å². The number of esters is 1. The number of hydrogen-bond donors (Lipinski definition) is 1. The number of halogens is 1. The first-order chi connectivity index (χ1) is 16.8. The molecule has 8 heteroatoms. The summed E-state index contributed by atoms with van der Waals surface area (Å²) in [6.45, 7) is 3.56. The number of benzene rings is 2. The third-order valence-electron chi connectivity index (χ3n) is 5.59. The Morgan fingerprint density at radius 1 is 1.03 bits per heavy atom. The van der Waals surface area contributed by atoms with Crippen LogP contribution in [0.25, 0.3) is 22.5 Å². The molecule has 178 valence electrons. The van der Waals surface area contributed by atoms with Gasteiger partial charge < -0.3 is 14.4 Å². The summed E-state index contributed by atoms with van der Waals surface area (Å²) >= 11 is 6.22. The SMILES string of the molecule is Cc1noc(-c2ccc(-c3cncc(CC(=O)O)c3)cc2)c1CC(=O)OC(C)c1ccccc1Cl. The molecule has 0 saturated heterocycles. The van der Waals surface area contributed by atoms with Crippen LogP contribution in [0.15, 0.2) is 71.5 Å². The Kier molecular flexibility index (Phi) is 7.27. The summed E-state index contributed by atoms with van der Waals surface area (Å²) in [5, 5.41) is 13.6. The van der Waals surface area contributed by atoms with Crippen LogP contribution in [0.1, 0.15) is 35.4 Å². The van der Waals surface area contributed by atoms with Crippen molar-refractivity contribution in [2.75, 3.05) is 0 Å². The molecule has 0 amide bonds. The van der Waals surface area contributed by atoms with E-state index in [1.165, 1.54) is 0 Å². The van der Waals surface area contributed by atoms with E-state index in [0.717, 1.165) is 22.3 Å². The maximum absolute atomic E-state index is 12.7. The van der Waals surface area contributed by atoms with Gasteiger partial charge in [0, 0.05) is 39.7 Å². The maximum atomic E-state index is 12.7. The van der Waals surface area contributed by atoms with Crippen LogP contribution in [0.3, 0.4) is 0 Å². The highest BCUT2D eigenvalue weighted by atomic mass is 35.5. The quantitative estimate of drug-likeness (QED) is 0.309. The molecule has 4 aromatic rings. The Morgan fingerprint density at radius 3 is 2.46 bits per heavy atom. The van der Waals surface area contributed by atoms with Gasteiger partial charge in [0.1, 0.15) is 6.10 Å². The zero-order valence-corrected chi connectivity index (χ0v) is 20.0. The first kappa shape index (κ1) is 24.2. The molecule has 0 saturated carbocycles. The first-order valence-corrected chi connectivity index (χ1v) is 11.3. The fourth-order valence-electron chi connectivity index (χ4n) is 3.81. The number of carboxylic acid groups (broad SMARTS) is 1.